The monoisotopic (exact) mass is 300 g/mol. The average Bonchev–Trinajstić information content (AvgIpc) is 3.02. The highest BCUT2D eigenvalue weighted by Crippen LogP contribution is 2.48. The van der Waals surface area contributed by atoms with Crippen molar-refractivity contribution in [2.45, 2.75) is 52.0 Å². The van der Waals surface area contributed by atoms with Gasteiger partial charge in [-0.1, -0.05) is 13.8 Å². The van der Waals surface area contributed by atoms with E-state index in [0.717, 1.165) is 24.9 Å². The van der Waals surface area contributed by atoms with Gasteiger partial charge in [-0.25, -0.2) is 0 Å². The Labute approximate surface area is 129 Å². The van der Waals surface area contributed by atoms with Gasteiger partial charge in [-0.05, 0) is 55.8 Å². The molecule has 4 heteroatoms. The topological polar surface area (TPSA) is 46.3 Å². The Kier molecular flexibility index (Phi) is 5.01. The van der Waals surface area contributed by atoms with E-state index in [1.807, 2.05) is 0 Å². The SMILES string of the molecule is CC(C)CC1CCN(C(=O)C2C3CCC(C3)C2N)C1.Cl. The molecule has 2 aliphatic carbocycles. The zero-order chi connectivity index (χ0) is 13.6. The van der Waals surface area contributed by atoms with Crippen molar-refractivity contribution in [3.8, 4) is 0 Å². The number of carbonyl (C=O) groups is 1. The highest BCUT2D eigenvalue weighted by molar-refractivity contribution is 5.85. The molecule has 0 radical (unpaired) electrons. The van der Waals surface area contributed by atoms with E-state index in [1.54, 1.807) is 0 Å². The molecule has 0 aromatic heterocycles. The fourth-order valence-corrected chi connectivity index (χ4v) is 4.80. The first-order valence-corrected chi connectivity index (χ1v) is 8.10. The maximum Gasteiger partial charge on any atom is 0.227 e. The Morgan fingerprint density at radius 2 is 1.95 bits per heavy atom. The van der Waals surface area contributed by atoms with Crippen molar-refractivity contribution in [3.05, 3.63) is 0 Å². The van der Waals surface area contributed by atoms with Crippen LogP contribution in [0.3, 0.4) is 0 Å². The summed E-state index contributed by atoms with van der Waals surface area (Å²) < 4.78 is 0. The average molecular weight is 301 g/mol. The van der Waals surface area contributed by atoms with E-state index >= 15 is 0 Å². The van der Waals surface area contributed by atoms with Gasteiger partial charge >= 0.3 is 0 Å². The molecule has 5 atom stereocenters. The first kappa shape index (κ1) is 16.1. The van der Waals surface area contributed by atoms with E-state index < -0.39 is 0 Å². The number of likely N-dealkylation sites (tertiary alicyclic amines) is 1. The van der Waals surface area contributed by atoms with Gasteiger partial charge in [0.1, 0.15) is 0 Å². The Morgan fingerprint density at radius 1 is 1.25 bits per heavy atom. The number of rotatable bonds is 3. The molecule has 2 N–H and O–H groups in total. The molecule has 0 aromatic rings. The zero-order valence-corrected chi connectivity index (χ0v) is 13.6. The summed E-state index contributed by atoms with van der Waals surface area (Å²) in [5.74, 6) is 3.22. The molecule has 1 aliphatic heterocycles. The van der Waals surface area contributed by atoms with Crippen LogP contribution in [0, 0.1) is 29.6 Å². The van der Waals surface area contributed by atoms with Gasteiger partial charge in [0, 0.05) is 19.1 Å². The number of halogens is 1. The van der Waals surface area contributed by atoms with Gasteiger partial charge in [0.2, 0.25) is 5.91 Å². The summed E-state index contributed by atoms with van der Waals surface area (Å²) in [7, 11) is 0. The summed E-state index contributed by atoms with van der Waals surface area (Å²) in [6, 6.07) is 0.149. The second-order valence-electron chi connectivity index (χ2n) is 7.50. The number of hydrogen-bond acceptors (Lipinski definition) is 2. The van der Waals surface area contributed by atoms with Crippen LogP contribution in [0.4, 0.5) is 0 Å². The molecule has 3 nitrogen and oxygen atoms in total. The molecule has 2 bridgehead atoms. The number of nitrogens with two attached hydrogens (primary N) is 1. The first-order chi connectivity index (χ1) is 9.06. The van der Waals surface area contributed by atoms with Crippen molar-refractivity contribution in [1.29, 1.82) is 0 Å². The number of hydrogen-bond donors (Lipinski definition) is 1. The summed E-state index contributed by atoms with van der Waals surface area (Å²) >= 11 is 0. The van der Waals surface area contributed by atoms with Crippen LogP contribution in [0.15, 0.2) is 0 Å². The highest BCUT2D eigenvalue weighted by atomic mass is 35.5. The summed E-state index contributed by atoms with van der Waals surface area (Å²) in [6.45, 7) is 6.50. The molecule has 20 heavy (non-hydrogen) atoms. The summed E-state index contributed by atoms with van der Waals surface area (Å²) in [6.07, 6.45) is 6.15. The number of fused-ring (bicyclic) bond motifs is 2. The Bertz CT molecular complexity index is 358. The summed E-state index contributed by atoms with van der Waals surface area (Å²) in [5, 5.41) is 0. The molecule has 1 heterocycles. The van der Waals surface area contributed by atoms with Crippen molar-refractivity contribution >= 4 is 18.3 Å². The Hall–Kier alpha value is -0.280. The highest BCUT2D eigenvalue weighted by Gasteiger charge is 2.50. The van der Waals surface area contributed by atoms with Crippen LogP contribution in [0.1, 0.15) is 46.0 Å². The van der Waals surface area contributed by atoms with Crippen LogP contribution in [0.5, 0.6) is 0 Å². The minimum atomic E-state index is 0. The molecular weight excluding hydrogens is 272 g/mol. The van der Waals surface area contributed by atoms with Crippen molar-refractivity contribution in [2.75, 3.05) is 13.1 Å². The lowest BCUT2D eigenvalue weighted by Crippen LogP contribution is -2.46. The third-order valence-electron chi connectivity index (χ3n) is 5.67. The number of nitrogens with zero attached hydrogens (tertiary/aromatic N) is 1. The minimum Gasteiger partial charge on any atom is -0.342 e. The maximum atomic E-state index is 12.7. The van der Waals surface area contributed by atoms with Gasteiger partial charge in [0.05, 0.1) is 5.92 Å². The van der Waals surface area contributed by atoms with Gasteiger partial charge < -0.3 is 10.6 Å². The molecular formula is C16H29ClN2O. The quantitative estimate of drug-likeness (QED) is 0.871. The second-order valence-corrected chi connectivity index (χ2v) is 7.50. The molecule has 1 saturated heterocycles. The van der Waals surface area contributed by atoms with Crippen LogP contribution in [0.2, 0.25) is 0 Å². The standard InChI is InChI=1S/C16H28N2O.ClH/c1-10(2)7-11-5-6-18(9-11)16(19)14-12-3-4-13(8-12)15(14)17;/h10-15H,3-9,17H2,1-2H3;1H. The van der Waals surface area contributed by atoms with Crippen molar-refractivity contribution < 1.29 is 4.79 Å². The van der Waals surface area contributed by atoms with Gasteiger partial charge in [-0.2, -0.15) is 0 Å². The predicted octanol–water partition coefficient (Wildman–Crippen LogP) is 2.68. The first-order valence-electron chi connectivity index (χ1n) is 8.10. The van der Waals surface area contributed by atoms with E-state index in [2.05, 4.69) is 18.7 Å². The molecule has 0 spiro atoms. The summed E-state index contributed by atoms with van der Waals surface area (Å²) in [4.78, 5) is 14.8. The smallest absolute Gasteiger partial charge is 0.227 e. The van der Waals surface area contributed by atoms with Gasteiger partial charge in [0.15, 0.2) is 0 Å². The lowest BCUT2D eigenvalue weighted by atomic mass is 9.84. The Balaban J connectivity index is 0.00000147. The Morgan fingerprint density at radius 3 is 2.55 bits per heavy atom. The van der Waals surface area contributed by atoms with Crippen molar-refractivity contribution in [3.63, 3.8) is 0 Å². The van der Waals surface area contributed by atoms with Gasteiger partial charge in [-0.3, -0.25) is 4.79 Å². The van der Waals surface area contributed by atoms with Crippen molar-refractivity contribution in [1.82, 2.24) is 4.90 Å². The molecule has 3 fully saturated rings. The van der Waals surface area contributed by atoms with E-state index in [9.17, 15) is 4.79 Å². The fourth-order valence-electron chi connectivity index (χ4n) is 4.80. The van der Waals surface area contributed by atoms with Crippen LogP contribution >= 0.6 is 12.4 Å². The molecule has 0 aromatic carbocycles. The lowest BCUT2D eigenvalue weighted by molar-refractivity contribution is -0.136. The van der Waals surface area contributed by atoms with Gasteiger partial charge in [-0.15, -0.1) is 12.4 Å². The van der Waals surface area contributed by atoms with Crippen LogP contribution in [0.25, 0.3) is 0 Å². The normalized spacial score (nSPS) is 39.4. The molecule has 3 rings (SSSR count). The van der Waals surface area contributed by atoms with Crippen LogP contribution < -0.4 is 5.73 Å². The predicted molar refractivity (Wildman–Crippen MR) is 83.7 cm³/mol. The molecule has 1 amide bonds. The largest absolute Gasteiger partial charge is 0.342 e. The fraction of sp³-hybridized carbons (Fsp3) is 0.938. The van der Waals surface area contributed by atoms with Gasteiger partial charge in [0.25, 0.3) is 0 Å². The molecule has 3 aliphatic rings. The second kappa shape index (κ2) is 6.23. The van der Waals surface area contributed by atoms with Crippen LogP contribution in [-0.2, 0) is 4.79 Å². The van der Waals surface area contributed by atoms with E-state index in [0.29, 0.717) is 17.7 Å². The third kappa shape index (κ3) is 2.85. The zero-order valence-electron chi connectivity index (χ0n) is 12.8. The molecule has 5 unspecified atom stereocenters. The van der Waals surface area contributed by atoms with Crippen molar-refractivity contribution in [2.24, 2.45) is 35.3 Å². The molecule has 2 saturated carbocycles. The maximum absolute atomic E-state index is 12.7. The lowest BCUT2D eigenvalue weighted by Gasteiger charge is -2.30. The third-order valence-corrected chi connectivity index (χ3v) is 5.67. The van der Waals surface area contributed by atoms with E-state index in [1.165, 1.54) is 32.1 Å². The molecule has 116 valence electrons. The number of carbonyl (C=O) groups excluding carboxylic acids is 1. The van der Waals surface area contributed by atoms with E-state index in [4.69, 9.17) is 5.73 Å². The van der Waals surface area contributed by atoms with E-state index in [-0.39, 0.29) is 24.4 Å². The van der Waals surface area contributed by atoms with Crippen LogP contribution in [-0.4, -0.2) is 29.9 Å². The number of amides is 1. The minimum absolute atomic E-state index is 0. The summed E-state index contributed by atoms with van der Waals surface area (Å²) in [5.41, 5.74) is 6.30.